The molecule has 0 unspecified atom stereocenters. The fourth-order valence-corrected chi connectivity index (χ4v) is 3.80. The maximum Gasteiger partial charge on any atom is 0.127 e. The first-order chi connectivity index (χ1) is 12.8. The summed E-state index contributed by atoms with van der Waals surface area (Å²) in [5.41, 5.74) is 1.31. The number of benzene rings is 2. The van der Waals surface area contributed by atoms with Crippen LogP contribution in [-0.2, 0) is 6.42 Å². The summed E-state index contributed by atoms with van der Waals surface area (Å²) in [6.45, 7) is 6.44. The van der Waals surface area contributed by atoms with E-state index < -0.39 is 0 Å². The lowest BCUT2D eigenvalue weighted by molar-refractivity contribution is 0.133. The quantitative estimate of drug-likeness (QED) is 0.711. The molecule has 3 atom stereocenters. The summed E-state index contributed by atoms with van der Waals surface area (Å²) in [6, 6.07) is 16.0. The number of ether oxygens (including phenoxy) is 2. The highest BCUT2D eigenvalue weighted by atomic mass is 35.5. The number of aliphatic hydroxyl groups is 1. The summed E-state index contributed by atoms with van der Waals surface area (Å²) in [5, 5.41) is 13.9. The first-order valence-corrected chi connectivity index (χ1v) is 9.69. The molecule has 0 spiro atoms. The molecular weight excluding hydrogens is 374 g/mol. The van der Waals surface area contributed by atoms with Crippen LogP contribution in [0.4, 0.5) is 0 Å². The second kappa shape index (κ2) is 9.64. The zero-order chi connectivity index (χ0) is 19.4. The monoisotopic (exact) mass is 405 g/mol. The Balaban J connectivity index is 0.00000280. The second-order valence-electron chi connectivity index (χ2n) is 8.53. The van der Waals surface area contributed by atoms with Crippen LogP contribution in [0.5, 0.6) is 17.2 Å². The molecule has 3 rings (SSSR count). The molecule has 28 heavy (non-hydrogen) atoms. The van der Waals surface area contributed by atoms with Crippen molar-refractivity contribution in [2.24, 2.45) is 5.92 Å². The van der Waals surface area contributed by atoms with Gasteiger partial charge in [0.1, 0.15) is 17.2 Å². The van der Waals surface area contributed by atoms with Crippen molar-refractivity contribution < 1.29 is 14.6 Å². The lowest BCUT2D eigenvalue weighted by Gasteiger charge is -2.27. The Labute approximate surface area is 174 Å². The van der Waals surface area contributed by atoms with Gasteiger partial charge in [0.2, 0.25) is 0 Å². The van der Waals surface area contributed by atoms with Crippen LogP contribution in [-0.4, -0.2) is 29.9 Å². The summed E-state index contributed by atoms with van der Waals surface area (Å²) in [7, 11) is 1.65. The van der Waals surface area contributed by atoms with Crippen molar-refractivity contribution in [1.82, 2.24) is 5.32 Å². The highest BCUT2D eigenvalue weighted by Crippen LogP contribution is 2.31. The molecule has 0 aliphatic heterocycles. The Hall–Kier alpha value is -1.75. The van der Waals surface area contributed by atoms with Crippen LogP contribution >= 0.6 is 12.4 Å². The van der Waals surface area contributed by atoms with Crippen LogP contribution in [0.2, 0.25) is 0 Å². The molecule has 0 aromatic heterocycles. The Morgan fingerprint density at radius 1 is 0.929 bits per heavy atom. The number of aliphatic hydroxyl groups excluding tert-OH is 1. The van der Waals surface area contributed by atoms with Crippen molar-refractivity contribution in [2.75, 3.05) is 7.11 Å². The summed E-state index contributed by atoms with van der Waals surface area (Å²) in [4.78, 5) is 0. The molecule has 2 aromatic carbocycles. The molecule has 0 saturated heterocycles. The minimum absolute atomic E-state index is 0. The summed E-state index contributed by atoms with van der Waals surface area (Å²) in [5.74, 6) is 2.94. The predicted octanol–water partition coefficient (Wildman–Crippen LogP) is 4.98. The van der Waals surface area contributed by atoms with Gasteiger partial charge in [-0.3, -0.25) is 0 Å². The maximum absolute atomic E-state index is 10.4. The van der Waals surface area contributed by atoms with Gasteiger partial charge in [-0.1, -0.05) is 12.1 Å². The molecule has 1 fully saturated rings. The van der Waals surface area contributed by atoms with Gasteiger partial charge in [-0.05, 0) is 87.9 Å². The zero-order valence-electron chi connectivity index (χ0n) is 17.1. The molecule has 1 aliphatic rings. The average Bonchev–Trinajstić information content (AvgIpc) is 2.94. The van der Waals surface area contributed by atoms with Crippen molar-refractivity contribution in [3.8, 4) is 17.2 Å². The Kier molecular flexibility index (Phi) is 7.76. The zero-order valence-corrected chi connectivity index (χ0v) is 18.0. The Morgan fingerprint density at radius 3 is 2.00 bits per heavy atom. The number of halogens is 1. The van der Waals surface area contributed by atoms with Crippen LogP contribution in [0.25, 0.3) is 0 Å². The van der Waals surface area contributed by atoms with Crippen molar-refractivity contribution in [2.45, 2.75) is 57.7 Å². The van der Waals surface area contributed by atoms with E-state index in [1.54, 1.807) is 7.11 Å². The third-order valence-electron chi connectivity index (χ3n) is 4.99. The Morgan fingerprint density at radius 2 is 1.46 bits per heavy atom. The number of nitrogens with one attached hydrogen (secondary N) is 1. The molecule has 154 valence electrons. The molecule has 1 aliphatic carbocycles. The molecule has 5 heteroatoms. The predicted molar refractivity (Wildman–Crippen MR) is 116 cm³/mol. The molecular formula is C23H32ClNO3. The van der Waals surface area contributed by atoms with E-state index in [1.165, 1.54) is 5.56 Å². The van der Waals surface area contributed by atoms with E-state index >= 15 is 0 Å². The molecule has 0 amide bonds. The van der Waals surface area contributed by atoms with E-state index in [-0.39, 0.29) is 30.1 Å². The van der Waals surface area contributed by atoms with Crippen molar-refractivity contribution >= 4 is 12.4 Å². The van der Waals surface area contributed by atoms with Gasteiger partial charge in [0.05, 0.1) is 13.2 Å². The molecule has 4 nitrogen and oxygen atoms in total. The topological polar surface area (TPSA) is 50.7 Å². The van der Waals surface area contributed by atoms with Gasteiger partial charge < -0.3 is 19.9 Å². The third kappa shape index (κ3) is 6.40. The van der Waals surface area contributed by atoms with Crippen LogP contribution < -0.4 is 14.8 Å². The molecule has 0 bridgehead atoms. The van der Waals surface area contributed by atoms with Crippen LogP contribution in [0.15, 0.2) is 48.5 Å². The standard InChI is InChI=1S/C23H31NO3.ClH/c1-23(2,3)24-21-14-17(15-22(21)25)13-16-5-7-19(8-6-16)27-20-11-9-18(26-4)10-12-20;/h5-12,17,21-22,24-25H,13-15H2,1-4H3;1H/t17-,21-,22-;/m1./s1. The smallest absolute Gasteiger partial charge is 0.127 e. The van der Waals surface area contributed by atoms with E-state index in [0.717, 1.165) is 36.5 Å². The van der Waals surface area contributed by atoms with Crippen molar-refractivity contribution in [1.29, 1.82) is 0 Å². The highest BCUT2D eigenvalue weighted by molar-refractivity contribution is 5.85. The minimum Gasteiger partial charge on any atom is -0.497 e. The third-order valence-corrected chi connectivity index (χ3v) is 4.99. The van der Waals surface area contributed by atoms with Crippen molar-refractivity contribution in [3.63, 3.8) is 0 Å². The molecule has 0 radical (unpaired) electrons. The highest BCUT2D eigenvalue weighted by Gasteiger charge is 2.34. The number of hydrogen-bond donors (Lipinski definition) is 2. The SMILES string of the molecule is COc1ccc(Oc2ccc(C[C@H]3C[C@@H](O)[C@H](NC(C)(C)C)C3)cc2)cc1.Cl. The number of methoxy groups -OCH3 is 1. The van der Waals surface area contributed by atoms with Gasteiger partial charge in [0.15, 0.2) is 0 Å². The first kappa shape index (κ1) is 22.5. The summed E-state index contributed by atoms with van der Waals surface area (Å²) in [6.07, 6.45) is 2.61. The van der Waals surface area contributed by atoms with Crippen LogP contribution in [0, 0.1) is 5.92 Å². The molecule has 0 heterocycles. The lowest BCUT2D eigenvalue weighted by Crippen LogP contribution is -2.47. The van der Waals surface area contributed by atoms with E-state index in [1.807, 2.05) is 36.4 Å². The Bertz CT molecular complexity index is 725. The number of hydrogen-bond acceptors (Lipinski definition) is 4. The fourth-order valence-electron chi connectivity index (χ4n) is 3.80. The fraction of sp³-hybridized carbons (Fsp3) is 0.478. The largest absolute Gasteiger partial charge is 0.497 e. The molecule has 2 aromatic rings. The maximum atomic E-state index is 10.4. The van der Waals surface area contributed by atoms with Gasteiger partial charge in [-0.15, -0.1) is 12.4 Å². The average molecular weight is 406 g/mol. The van der Waals surface area contributed by atoms with E-state index in [9.17, 15) is 5.11 Å². The molecule has 1 saturated carbocycles. The second-order valence-corrected chi connectivity index (χ2v) is 8.53. The van der Waals surface area contributed by atoms with Gasteiger partial charge in [0.25, 0.3) is 0 Å². The summed E-state index contributed by atoms with van der Waals surface area (Å²) < 4.78 is 11.0. The minimum atomic E-state index is -0.257. The van der Waals surface area contributed by atoms with Crippen LogP contribution in [0.3, 0.4) is 0 Å². The van der Waals surface area contributed by atoms with E-state index in [4.69, 9.17) is 9.47 Å². The number of rotatable bonds is 6. The normalized spacial score (nSPS) is 21.8. The van der Waals surface area contributed by atoms with Crippen LogP contribution in [0.1, 0.15) is 39.2 Å². The van der Waals surface area contributed by atoms with E-state index in [0.29, 0.717) is 5.92 Å². The van der Waals surface area contributed by atoms with E-state index in [2.05, 4.69) is 38.2 Å². The summed E-state index contributed by atoms with van der Waals surface area (Å²) >= 11 is 0. The molecule has 2 N–H and O–H groups in total. The van der Waals surface area contributed by atoms with Gasteiger partial charge >= 0.3 is 0 Å². The first-order valence-electron chi connectivity index (χ1n) is 9.69. The van der Waals surface area contributed by atoms with Gasteiger partial charge in [0, 0.05) is 11.6 Å². The van der Waals surface area contributed by atoms with Gasteiger partial charge in [-0.25, -0.2) is 0 Å². The van der Waals surface area contributed by atoms with Gasteiger partial charge in [-0.2, -0.15) is 0 Å². The lowest BCUT2D eigenvalue weighted by atomic mass is 9.97. The van der Waals surface area contributed by atoms with Crippen molar-refractivity contribution in [3.05, 3.63) is 54.1 Å².